The van der Waals surface area contributed by atoms with Gasteiger partial charge in [0.25, 0.3) is 5.91 Å². The molecule has 0 aliphatic heterocycles. The second-order valence-electron chi connectivity index (χ2n) is 3.13. The number of aromatic nitrogens is 2. The predicted octanol–water partition coefficient (Wildman–Crippen LogP) is 1.23. The maximum absolute atomic E-state index is 12.0. The van der Waals surface area contributed by atoms with Crippen LogP contribution in [0.1, 0.15) is 10.5 Å². The van der Waals surface area contributed by atoms with Gasteiger partial charge in [-0.05, 0) is 6.07 Å². The molecule has 0 atom stereocenters. The van der Waals surface area contributed by atoms with Crippen molar-refractivity contribution >= 4 is 5.91 Å². The molecule has 0 saturated heterocycles. The Labute approximate surface area is 89.5 Å². The molecule has 0 fully saturated rings. The van der Waals surface area contributed by atoms with E-state index in [0.717, 1.165) is 0 Å². The van der Waals surface area contributed by atoms with Crippen LogP contribution >= 0.6 is 0 Å². The number of carbonyl (C=O) groups excluding carboxylic acids is 1. The van der Waals surface area contributed by atoms with E-state index >= 15 is 0 Å². The Hall–Kier alpha value is -1.84. The molecule has 1 rings (SSSR count). The smallest absolute Gasteiger partial charge is 0.272 e. The van der Waals surface area contributed by atoms with Gasteiger partial charge in [0, 0.05) is 26.3 Å². The number of amides is 1. The average Bonchev–Trinajstić information content (AvgIpc) is 2.63. The molecule has 0 aromatic carbocycles. The summed E-state index contributed by atoms with van der Waals surface area (Å²) in [6, 6.07) is 1.70. The van der Waals surface area contributed by atoms with Crippen molar-refractivity contribution in [2.24, 2.45) is 7.05 Å². The Bertz CT molecular complexity index is 358. The molecule has 0 aliphatic carbocycles. The fourth-order valence-electron chi connectivity index (χ4n) is 1.30. The van der Waals surface area contributed by atoms with Gasteiger partial charge in [-0.2, -0.15) is 5.10 Å². The lowest BCUT2D eigenvalue weighted by Crippen LogP contribution is -2.32. The van der Waals surface area contributed by atoms with Gasteiger partial charge >= 0.3 is 0 Å². The van der Waals surface area contributed by atoms with Crippen molar-refractivity contribution in [2.45, 2.75) is 0 Å². The SMILES string of the molecule is C=CCN(CC=C)C(=O)c1ccnn1C. The number of nitrogens with zero attached hydrogens (tertiary/aromatic N) is 3. The Morgan fingerprint density at radius 1 is 1.53 bits per heavy atom. The molecular weight excluding hydrogens is 190 g/mol. The average molecular weight is 205 g/mol. The molecule has 0 bridgehead atoms. The Kier molecular flexibility index (Phi) is 3.85. The Morgan fingerprint density at radius 3 is 2.53 bits per heavy atom. The molecule has 0 radical (unpaired) electrons. The van der Waals surface area contributed by atoms with Gasteiger partial charge in [-0.25, -0.2) is 0 Å². The molecule has 1 amide bonds. The summed E-state index contributed by atoms with van der Waals surface area (Å²) in [4.78, 5) is 13.6. The maximum Gasteiger partial charge on any atom is 0.272 e. The van der Waals surface area contributed by atoms with Crippen molar-refractivity contribution in [3.05, 3.63) is 43.3 Å². The van der Waals surface area contributed by atoms with Crippen LogP contribution in [0.5, 0.6) is 0 Å². The summed E-state index contributed by atoms with van der Waals surface area (Å²) >= 11 is 0. The van der Waals surface area contributed by atoms with Crippen molar-refractivity contribution in [1.29, 1.82) is 0 Å². The number of rotatable bonds is 5. The normalized spacial score (nSPS) is 9.67. The lowest BCUT2D eigenvalue weighted by atomic mass is 10.3. The summed E-state index contributed by atoms with van der Waals surface area (Å²) in [7, 11) is 1.74. The molecule has 15 heavy (non-hydrogen) atoms. The lowest BCUT2D eigenvalue weighted by molar-refractivity contribution is 0.0780. The van der Waals surface area contributed by atoms with Crippen molar-refractivity contribution in [3.8, 4) is 0 Å². The van der Waals surface area contributed by atoms with Gasteiger partial charge in [0.05, 0.1) is 0 Å². The van der Waals surface area contributed by atoms with Gasteiger partial charge in [0.15, 0.2) is 0 Å². The van der Waals surface area contributed by atoms with Gasteiger partial charge < -0.3 is 4.90 Å². The number of carbonyl (C=O) groups is 1. The van der Waals surface area contributed by atoms with Crippen LogP contribution in [0.3, 0.4) is 0 Å². The zero-order chi connectivity index (χ0) is 11.3. The van der Waals surface area contributed by atoms with Crippen LogP contribution in [0.15, 0.2) is 37.6 Å². The molecule has 0 aliphatic rings. The quantitative estimate of drug-likeness (QED) is 0.678. The molecule has 1 heterocycles. The zero-order valence-electron chi connectivity index (χ0n) is 8.89. The molecule has 0 N–H and O–H groups in total. The van der Waals surface area contributed by atoms with Crippen LogP contribution < -0.4 is 0 Å². The first-order valence-corrected chi connectivity index (χ1v) is 4.69. The van der Waals surface area contributed by atoms with Crippen LogP contribution in [0.2, 0.25) is 0 Å². The van der Waals surface area contributed by atoms with E-state index in [1.54, 1.807) is 41.0 Å². The first-order valence-electron chi connectivity index (χ1n) is 4.69. The van der Waals surface area contributed by atoms with E-state index in [1.807, 2.05) is 0 Å². The van der Waals surface area contributed by atoms with Crippen LogP contribution in [0, 0.1) is 0 Å². The monoisotopic (exact) mass is 205 g/mol. The van der Waals surface area contributed by atoms with Crippen LogP contribution in [-0.4, -0.2) is 33.7 Å². The zero-order valence-corrected chi connectivity index (χ0v) is 8.89. The van der Waals surface area contributed by atoms with Crippen molar-refractivity contribution in [3.63, 3.8) is 0 Å². The molecule has 4 nitrogen and oxygen atoms in total. The molecule has 0 spiro atoms. The molecule has 80 valence electrons. The summed E-state index contributed by atoms with van der Waals surface area (Å²) in [5, 5.41) is 3.96. The fourth-order valence-corrected chi connectivity index (χ4v) is 1.30. The van der Waals surface area contributed by atoms with Crippen LogP contribution in [0.25, 0.3) is 0 Å². The summed E-state index contributed by atoms with van der Waals surface area (Å²) in [5.41, 5.74) is 0.568. The van der Waals surface area contributed by atoms with E-state index in [2.05, 4.69) is 18.3 Å². The highest BCUT2D eigenvalue weighted by molar-refractivity contribution is 5.92. The molecule has 1 aromatic heterocycles. The minimum absolute atomic E-state index is 0.0604. The van der Waals surface area contributed by atoms with Crippen molar-refractivity contribution in [2.75, 3.05) is 13.1 Å². The maximum atomic E-state index is 12.0. The summed E-state index contributed by atoms with van der Waals surface area (Å²) in [5.74, 6) is -0.0604. The standard InChI is InChI=1S/C11H15N3O/c1-4-8-14(9-5-2)11(15)10-6-7-12-13(10)3/h4-7H,1-2,8-9H2,3H3. The second kappa shape index (κ2) is 5.14. The highest BCUT2D eigenvalue weighted by Crippen LogP contribution is 2.03. The first-order chi connectivity index (χ1) is 7.20. The largest absolute Gasteiger partial charge is 0.330 e. The van der Waals surface area contributed by atoms with E-state index in [9.17, 15) is 4.79 Å². The van der Waals surface area contributed by atoms with E-state index in [4.69, 9.17) is 0 Å². The van der Waals surface area contributed by atoms with Crippen LogP contribution in [0.4, 0.5) is 0 Å². The van der Waals surface area contributed by atoms with Crippen molar-refractivity contribution in [1.82, 2.24) is 14.7 Å². The molecular formula is C11H15N3O. The first kappa shape index (κ1) is 11.2. The molecule has 4 heteroatoms. The van der Waals surface area contributed by atoms with Gasteiger partial charge in [0.2, 0.25) is 0 Å². The topological polar surface area (TPSA) is 38.1 Å². The highest BCUT2D eigenvalue weighted by Gasteiger charge is 2.15. The minimum Gasteiger partial charge on any atom is -0.330 e. The summed E-state index contributed by atoms with van der Waals surface area (Å²) in [6.45, 7) is 8.26. The predicted molar refractivity (Wildman–Crippen MR) is 59.5 cm³/mol. The van der Waals surface area contributed by atoms with E-state index in [1.165, 1.54) is 0 Å². The van der Waals surface area contributed by atoms with E-state index in [-0.39, 0.29) is 5.91 Å². The number of hydrogen-bond donors (Lipinski definition) is 0. The number of hydrogen-bond acceptors (Lipinski definition) is 2. The third-order valence-corrected chi connectivity index (χ3v) is 2.03. The second-order valence-corrected chi connectivity index (χ2v) is 3.13. The van der Waals surface area contributed by atoms with Gasteiger partial charge in [-0.15, -0.1) is 13.2 Å². The molecule has 0 saturated carbocycles. The highest BCUT2D eigenvalue weighted by atomic mass is 16.2. The summed E-state index contributed by atoms with van der Waals surface area (Å²) in [6.07, 6.45) is 4.99. The molecule has 0 unspecified atom stereocenters. The Morgan fingerprint density at radius 2 is 2.13 bits per heavy atom. The van der Waals surface area contributed by atoms with Gasteiger partial charge in [-0.3, -0.25) is 9.48 Å². The lowest BCUT2D eigenvalue weighted by Gasteiger charge is -2.18. The van der Waals surface area contributed by atoms with Crippen molar-refractivity contribution < 1.29 is 4.79 Å². The van der Waals surface area contributed by atoms with E-state index < -0.39 is 0 Å². The van der Waals surface area contributed by atoms with Gasteiger partial charge in [0.1, 0.15) is 5.69 Å². The van der Waals surface area contributed by atoms with Crippen LogP contribution in [-0.2, 0) is 7.05 Å². The third kappa shape index (κ3) is 2.56. The fraction of sp³-hybridized carbons (Fsp3) is 0.273. The third-order valence-electron chi connectivity index (χ3n) is 2.03. The molecule has 1 aromatic rings. The van der Waals surface area contributed by atoms with Gasteiger partial charge in [-0.1, -0.05) is 12.2 Å². The van der Waals surface area contributed by atoms with E-state index in [0.29, 0.717) is 18.8 Å². The Balaban J connectivity index is 2.84. The summed E-state index contributed by atoms with van der Waals surface area (Å²) < 4.78 is 1.56. The minimum atomic E-state index is -0.0604. The number of aryl methyl sites for hydroxylation is 1.